The van der Waals surface area contributed by atoms with E-state index in [0.29, 0.717) is 12.3 Å². The van der Waals surface area contributed by atoms with Crippen LogP contribution in [0, 0.1) is 5.92 Å². The molecular formula is C11H13O3-. The summed E-state index contributed by atoms with van der Waals surface area (Å²) in [5.74, 6) is 2.01. The van der Waals surface area contributed by atoms with E-state index >= 15 is 0 Å². The Morgan fingerprint density at radius 2 is 2.36 bits per heavy atom. The number of carbonyl (C=O) groups excluding carboxylic acids is 1. The molecule has 1 fully saturated rings. The maximum absolute atomic E-state index is 10.2. The molecule has 0 radical (unpaired) electrons. The number of aliphatic carboxylic acids is 1. The number of furan rings is 1. The molecule has 0 saturated heterocycles. The Balaban J connectivity index is 1.93. The smallest absolute Gasteiger partial charge is 0.107 e. The van der Waals surface area contributed by atoms with Crippen LogP contribution < -0.4 is 5.11 Å². The van der Waals surface area contributed by atoms with Gasteiger partial charge in [-0.25, -0.2) is 0 Å². The highest BCUT2D eigenvalue weighted by molar-refractivity contribution is 5.64. The van der Waals surface area contributed by atoms with Gasteiger partial charge in [-0.2, -0.15) is 0 Å². The van der Waals surface area contributed by atoms with Gasteiger partial charge in [-0.05, 0) is 30.9 Å². The zero-order valence-electron chi connectivity index (χ0n) is 8.16. The van der Waals surface area contributed by atoms with Crippen LogP contribution in [0.3, 0.4) is 0 Å². The first-order chi connectivity index (χ1) is 6.66. The number of hydrogen-bond acceptors (Lipinski definition) is 3. The Bertz CT molecular complexity index is 340. The van der Waals surface area contributed by atoms with E-state index in [2.05, 4.69) is 6.92 Å². The van der Waals surface area contributed by atoms with Crippen molar-refractivity contribution in [3.63, 3.8) is 0 Å². The molecular weight excluding hydrogens is 180 g/mol. The molecule has 1 saturated carbocycles. The van der Waals surface area contributed by atoms with Crippen LogP contribution in [0.15, 0.2) is 16.5 Å². The van der Waals surface area contributed by atoms with E-state index in [1.165, 1.54) is 6.42 Å². The van der Waals surface area contributed by atoms with E-state index in [9.17, 15) is 9.90 Å². The Morgan fingerprint density at radius 1 is 1.64 bits per heavy atom. The molecule has 0 amide bonds. The number of carboxylic acids is 1. The minimum Gasteiger partial charge on any atom is -0.550 e. The lowest BCUT2D eigenvalue weighted by Crippen LogP contribution is -2.22. The van der Waals surface area contributed by atoms with E-state index < -0.39 is 5.97 Å². The minimum atomic E-state index is -1.03. The third kappa shape index (κ3) is 1.97. The van der Waals surface area contributed by atoms with Crippen LogP contribution in [-0.4, -0.2) is 5.97 Å². The highest BCUT2D eigenvalue weighted by atomic mass is 16.4. The third-order valence-corrected chi connectivity index (χ3v) is 2.73. The van der Waals surface area contributed by atoms with Crippen LogP contribution >= 0.6 is 0 Å². The van der Waals surface area contributed by atoms with Crippen molar-refractivity contribution in [2.45, 2.75) is 32.1 Å². The summed E-state index contributed by atoms with van der Waals surface area (Å²) in [6.07, 6.45) is 1.66. The summed E-state index contributed by atoms with van der Waals surface area (Å²) in [4.78, 5) is 10.2. The van der Waals surface area contributed by atoms with Gasteiger partial charge in [0.15, 0.2) is 0 Å². The fraction of sp³-hybridized carbons (Fsp3) is 0.545. The van der Waals surface area contributed by atoms with Gasteiger partial charge in [0, 0.05) is 18.3 Å². The lowest BCUT2D eigenvalue weighted by atomic mass is 10.2. The predicted molar refractivity (Wildman–Crippen MR) is 48.6 cm³/mol. The molecule has 1 aliphatic rings. The summed E-state index contributed by atoms with van der Waals surface area (Å²) in [5, 5.41) is 10.2. The van der Waals surface area contributed by atoms with Crippen molar-refractivity contribution < 1.29 is 14.3 Å². The SMILES string of the molecule is C[C@H]1C[C@H]1c1ccc(CCC(=O)[O-])o1. The molecule has 1 aromatic heterocycles. The van der Waals surface area contributed by atoms with E-state index in [0.717, 1.165) is 17.4 Å². The maximum atomic E-state index is 10.2. The summed E-state index contributed by atoms with van der Waals surface area (Å²) in [7, 11) is 0. The fourth-order valence-electron chi connectivity index (χ4n) is 1.67. The van der Waals surface area contributed by atoms with Gasteiger partial charge in [0.1, 0.15) is 11.5 Å². The largest absolute Gasteiger partial charge is 0.550 e. The zero-order chi connectivity index (χ0) is 10.1. The predicted octanol–water partition coefficient (Wildman–Crippen LogP) is 1.09. The molecule has 2 atom stereocenters. The van der Waals surface area contributed by atoms with Gasteiger partial charge >= 0.3 is 0 Å². The second-order valence-corrected chi connectivity index (χ2v) is 4.00. The quantitative estimate of drug-likeness (QED) is 0.719. The van der Waals surface area contributed by atoms with Crippen LogP contribution in [0.4, 0.5) is 0 Å². The molecule has 3 heteroatoms. The van der Waals surface area contributed by atoms with Crippen LogP contribution in [0.2, 0.25) is 0 Å². The third-order valence-electron chi connectivity index (χ3n) is 2.73. The number of aryl methyl sites for hydroxylation is 1. The van der Waals surface area contributed by atoms with Crippen LogP contribution in [0.1, 0.15) is 37.2 Å². The molecule has 0 bridgehead atoms. The van der Waals surface area contributed by atoms with Crippen molar-refractivity contribution in [2.75, 3.05) is 0 Å². The van der Waals surface area contributed by atoms with Gasteiger partial charge in [0.05, 0.1) is 0 Å². The van der Waals surface area contributed by atoms with E-state index in [1.807, 2.05) is 12.1 Å². The number of hydrogen-bond donors (Lipinski definition) is 0. The second-order valence-electron chi connectivity index (χ2n) is 4.00. The average molecular weight is 193 g/mol. The summed E-state index contributed by atoms with van der Waals surface area (Å²) in [6, 6.07) is 3.82. The molecule has 0 aromatic carbocycles. The lowest BCUT2D eigenvalue weighted by molar-refractivity contribution is -0.305. The molecule has 2 rings (SSSR count). The molecule has 14 heavy (non-hydrogen) atoms. The maximum Gasteiger partial charge on any atom is 0.107 e. The molecule has 1 aliphatic carbocycles. The van der Waals surface area contributed by atoms with Crippen molar-refractivity contribution in [3.05, 3.63) is 23.7 Å². The Labute approximate surface area is 82.7 Å². The first-order valence-corrected chi connectivity index (χ1v) is 4.95. The second kappa shape index (κ2) is 3.48. The summed E-state index contributed by atoms with van der Waals surface area (Å²) < 4.78 is 5.54. The van der Waals surface area contributed by atoms with Crippen molar-refractivity contribution in [2.24, 2.45) is 5.92 Å². The molecule has 0 N–H and O–H groups in total. The normalized spacial score (nSPS) is 24.9. The summed E-state index contributed by atoms with van der Waals surface area (Å²) in [6.45, 7) is 2.19. The highest BCUT2D eigenvalue weighted by Gasteiger charge is 2.36. The molecule has 0 aliphatic heterocycles. The Kier molecular flexibility index (Phi) is 2.32. The monoisotopic (exact) mass is 193 g/mol. The average Bonchev–Trinajstić information content (AvgIpc) is 2.68. The molecule has 0 spiro atoms. The minimum absolute atomic E-state index is 0.0349. The first kappa shape index (κ1) is 9.31. The Hall–Kier alpha value is -1.25. The van der Waals surface area contributed by atoms with Crippen LogP contribution in [0.5, 0.6) is 0 Å². The van der Waals surface area contributed by atoms with Crippen molar-refractivity contribution >= 4 is 5.97 Å². The molecule has 76 valence electrons. The first-order valence-electron chi connectivity index (χ1n) is 4.95. The van der Waals surface area contributed by atoms with E-state index in [1.54, 1.807) is 0 Å². The van der Waals surface area contributed by atoms with Gasteiger partial charge in [-0.3, -0.25) is 0 Å². The van der Waals surface area contributed by atoms with Gasteiger partial charge in [-0.15, -0.1) is 0 Å². The van der Waals surface area contributed by atoms with Crippen LogP contribution in [-0.2, 0) is 11.2 Å². The van der Waals surface area contributed by atoms with E-state index in [4.69, 9.17) is 4.42 Å². The van der Waals surface area contributed by atoms with Crippen molar-refractivity contribution in [1.29, 1.82) is 0 Å². The fourth-order valence-corrected chi connectivity index (χ4v) is 1.67. The summed E-state index contributed by atoms with van der Waals surface area (Å²) in [5.41, 5.74) is 0. The topological polar surface area (TPSA) is 53.3 Å². The molecule has 3 nitrogen and oxygen atoms in total. The molecule has 1 heterocycles. The van der Waals surface area contributed by atoms with Gasteiger partial charge in [0.25, 0.3) is 0 Å². The highest BCUT2D eigenvalue weighted by Crippen LogP contribution is 2.47. The van der Waals surface area contributed by atoms with Crippen molar-refractivity contribution in [1.82, 2.24) is 0 Å². The number of rotatable bonds is 4. The number of carboxylic acid groups (broad SMARTS) is 1. The van der Waals surface area contributed by atoms with Gasteiger partial charge in [-0.1, -0.05) is 6.92 Å². The van der Waals surface area contributed by atoms with Gasteiger partial charge < -0.3 is 14.3 Å². The zero-order valence-corrected chi connectivity index (χ0v) is 8.16. The molecule has 0 unspecified atom stereocenters. The number of carbonyl (C=O) groups is 1. The Morgan fingerprint density at radius 3 is 2.93 bits per heavy atom. The standard InChI is InChI=1S/C11H14O3/c1-7-6-9(7)10-4-2-8(14-10)3-5-11(12)13/h2,4,7,9H,3,5-6H2,1H3,(H,12,13)/p-1/t7-,9+/m0/s1. The van der Waals surface area contributed by atoms with Gasteiger partial charge in [0.2, 0.25) is 0 Å². The molecule has 1 aromatic rings. The van der Waals surface area contributed by atoms with Crippen LogP contribution in [0.25, 0.3) is 0 Å². The van der Waals surface area contributed by atoms with E-state index in [-0.39, 0.29) is 6.42 Å². The lowest BCUT2D eigenvalue weighted by Gasteiger charge is -1.98. The summed E-state index contributed by atoms with van der Waals surface area (Å²) >= 11 is 0. The van der Waals surface area contributed by atoms with Crippen molar-refractivity contribution in [3.8, 4) is 0 Å².